The summed E-state index contributed by atoms with van der Waals surface area (Å²) in [5.74, 6) is -1.99. The highest BCUT2D eigenvalue weighted by molar-refractivity contribution is 7.10. The number of hydrazone groups is 1. The number of hydrogen-bond donors (Lipinski definition) is 2. The summed E-state index contributed by atoms with van der Waals surface area (Å²) in [7, 11) is 0. The number of halogens is 2. The second kappa shape index (κ2) is 13.8. The first kappa shape index (κ1) is 33.2. The molecule has 3 atom stereocenters. The van der Waals surface area contributed by atoms with E-state index in [1.807, 2.05) is 36.3 Å². The molecule has 48 heavy (non-hydrogen) atoms. The molecule has 6 rings (SSSR count). The number of ether oxygens (including phenoxy) is 1. The molecule has 0 saturated carbocycles. The second-order valence-electron chi connectivity index (χ2n) is 12.4. The Balaban J connectivity index is 1.18. The van der Waals surface area contributed by atoms with Crippen LogP contribution in [0.5, 0.6) is 5.75 Å². The number of nitriles is 1. The molecule has 2 aliphatic rings. The monoisotopic (exact) mass is 670 g/mol. The van der Waals surface area contributed by atoms with Crippen LogP contribution in [0.4, 0.5) is 8.78 Å². The molecule has 4 aromatic rings. The van der Waals surface area contributed by atoms with Gasteiger partial charge in [0.2, 0.25) is 0 Å². The van der Waals surface area contributed by atoms with Gasteiger partial charge in [-0.15, -0.1) is 11.3 Å². The lowest BCUT2D eigenvalue weighted by molar-refractivity contribution is -0.136. The van der Waals surface area contributed by atoms with Gasteiger partial charge in [-0.25, -0.2) is 18.6 Å². The number of benzene rings is 3. The summed E-state index contributed by atoms with van der Waals surface area (Å²) in [4.78, 5) is 19.3. The van der Waals surface area contributed by atoms with Crippen LogP contribution in [0.15, 0.2) is 65.1 Å². The number of nitrogens with zero attached hydrogens (tertiary/aromatic N) is 5. The Bertz CT molecular complexity index is 1860. The van der Waals surface area contributed by atoms with Crippen LogP contribution in [0.25, 0.3) is 11.3 Å². The fraction of sp³-hybridized carbons (Fsp3) is 0.333. The second-order valence-corrected chi connectivity index (χ2v) is 13.3. The topological polar surface area (TPSA) is 114 Å². The molecule has 0 radical (unpaired) electrons. The molecule has 9 nitrogen and oxygen atoms in total. The van der Waals surface area contributed by atoms with Gasteiger partial charge in [0.25, 0.3) is 0 Å². The summed E-state index contributed by atoms with van der Waals surface area (Å²) in [6.45, 7) is 7.13. The Labute approximate surface area is 282 Å². The lowest BCUT2D eigenvalue weighted by atomic mass is 9.81. The Kier molecular flexibility index (Phi) is 9.55. The average Bonchev–Trinajstić information content (AvgIpc) is 3.86. The van der Waals surface area contributed by atoms with E-state index >= 15 is 4.39 Å². The standard InChI is InChI=1S/C36H36F2N6O3S/c1-22-13-26(14-23(2)33(22)47-35(45)31-5-4-12-40-31)17-43-20-41-44(21-43)19-36(46,29-11-10-28(37)15-30(29)38)24(3)34-42-32(18-48-34)27-8-6-25(16-39)7-9-27/h6-11,13-15,18,20,24,31,40,46H,4-5,12,17,19,21H2,1-3H3/t24-,31-,36+/m0/s1. The highest BCUT2D eigenvalue weighted by Gasteiger charge is 2.43. The van der Waals surface area contributed by atoms with Crippen LogP contribution in [-0.2, 0) is 16.9 Å². The maximum atomic E-state index is 15.3. The molecule has 3 heterocycles. The molecule has 248 valence electrons. The first-order chi connectivity index (χ1) is 23.0. The fourth-order valence-corrected chi connectivity index (χ4v) is 7.28. The predicted octanol–water partition coefficient (Wildman–Crippen LogP) is 5.94. The van der Waals surface area contributed by atoms with E-state index in [0.29, 0.717) is 35.2 Å². The summed E-state index contributed by atoms with van der Waals surface area (Å²) in [6.07, 6.45) is 3.39. The zero-order valence-corrected chi connectivity index (χ0v) is 27.7. The molecule has 1 fully saturated rings. The van der Waals surface area contributed by atoms with E-state index in [2.05, 4.69) is 16.5 Å². The molecule has 0 bridgehead atoms. The van der Waals surface area contributed by atoms with Gasteiger partial charge in [-0.05, 0) is 68.1 Å². The number of aryl methyl sites for hydroxylation is 2. The Morgan fingerprint density at radius 1 is 1.19 bits per heavy atom. The van der Waals surface area contributed by atoms with Gasteiger partial charge in [-0.1, -0.05) is 37.3 Å². The third-order valence-corrected chi connectivity index (χ3v) is 9.94. The van der Waals surface area contributed by atoms with E-state index in [4.69, 9.17) is 15.0 Å². The molecular weight excluding hydrogens is 634 g/mol. The molecule has 0 spiro atoms. The Morgan fingerprint density at radius 2 is 1.94 bits per heavy atom. The number of nitrogens with one attached hydrogen (secondary N) is 1. The summed E-state index contributed by atoms with van der Waals surface area (Å²) in [5, 5.41) is 33.2. The molecular formula is C36H36F2N6O3S. The number of carbonyl (C=O) groups is 1. The van der Waals surface area contributed by atoms with Gasteiger partial charge >= 0.3 is 5.97 Å². The third-order valence-electron chi connectivity index (χ3n) is 8.92. The minimum absolute atomic E-state index is 0.0515. The van der Waals surface area contributed by atoms with Crippen molar-refractivity contribution in [3.05, 3.63) is 104 Å². The molecule has 0 aliphatic carbocycles. The molecule has 12 heteroatoms. The van der Waals surface area contributed by atoms with E-state index in [1.54, 1.807) is 42.5 Å². The number of aromatic nitrogens is 1. The van der Waals surface area contributed by atoms with Gasteiger partial charge in [0.05, 0.1) is 28.9 Å². The predicted molar refractivity (Wildman–Crippen MR) is 179 cm³/mol. The number of β-amino-alcohol motifs (C(OH)–C–C–N with tert-alkyl or cyclic N) is 1. The lowest BCUT2D eigenvalue weighted by Gasteiger charge is -2.36. The number of rotatable bonds is 10. The maximum Gasteiger partial charge on any atom is 0.328 e. The van der Waals surface area contributed by atoms with Crippen molar-refractivity contribution < 1.29 is 23.4 Å². The summed E-state index contributed by atoms with van der Waals surface area (Å²) in [6, 6.07) is 16.0. The zero-order valence-electron chi connectivity index (χ0n) is 26.9. The van der Waals surface area contributed by atoms with Crippen LogP contribution in [0.1, 0.15) is 58.5 Å². The number of esters is 1. The molecule has 0 amide bonds. The number of hydrogen-bond acceptors (Lipinski definition) is 10. The molecule has 1 saturated heterocycles. The number of carbonyl (C=O) groups excluding carboxylic acids is 1. The van der Waals surface area contributed by atoms with Gasteiger partial charge in [-0.2, -0.15) is 10.4 Å². The van der Waals surface area contributed by atoms with Crippen LogP contribution in [-0.4, -0.2) is 58.1 Å². The van der Waals surface area contributed by atoms with E-state index in [-0.39, 0.29) is 24.1 Å². The quantitative estimate of drug-likeness (QED) is 0.157. The van der Waals surface area contributed by atoms with E-state index in [1.165, 1.54) is 17.4 Å². The number of thiazole rings is 1. The van der Waals surface area contributed by atoms with E-state index in [9.17, 15) is 14.3 Å². The highest BCUT2D eigenvalue weighted by Crippen LogP contribution is 2.41. The Hall–Kier alpha value is -4.70. The smallest absolute Gasteiger partial charge is 0.328 e. The first-order valence-electron chi connectivity index (χ1n) is 15.8. The first-order valence-corrected chi connectivity index (χ1v) is 16.6. The minimum atomic E-state index is -1.82. The van der Waals surface area contributed by atoms with Crippen molar-refractivity contribution in [2.24, 2.45) is 5.10 Å². The zero-order chi connectivity index (χ0) is 34.0. The minimum Gasteiger partial charge on any atom is -0.425 e. The number of aliphatic hydroxyl groups is 1. The summed E-state index contributed by atoms with van der Waals surface area (Å²) in [5.41, 5.74) is 2.82. The van der Waals surface area contributed by atoms with Gasteiger partial charge < -0.3 is 20.1 Å². The summed E-state index contributed by atoms with van der Waals surface area (Å²) < 4.78 is 35.1. The van der Waals surface area contributed by atoms with Crippen molar-refractivity contribution in [2.45, 2.75) is 57.7 Å². The van der Waals surface area contributed by atoms with Crippen LogP contribution in [0, 0.1) is 36.8 Å². The summed E-state index contributed by atoms with van der Waals surface area (Å²) >= 11 is 1.33. The van der Waals surface area contributed by atoms with Crippen molar-refractivity contribution in [3.8, 4) is 23.1 Å². The van der Waals surface area contributed by atoms with Crippen molar-refractivity contribution >= 4 is 23.6 Å². The normalized spacial score (nSPS) is 17.7. The van der Waals surface area contributed by atoms with Gasteiger partial charge in [-0.3, -0.25) is 5.01 Å². The van der Waals surface area contributed by atoms with Crippen molar-refractivity contribution in [1.82, 2.24) is 20.2 Å². The largest absolute Gasteiger partial charge is 0.425 e. The molecule has 1 aromatic heterocycles. The van der Waals surface area contributed by atoms with Crippen LogP contribution < -0.4 is 10.1 Å². The Morgan fingerprint density at radius 3 is 2.60 bits per heavy atom. The SMILES string of the molecule is Cc1cc(CN2C=NN(C[C@](O)(c3ccc(F)cc3F)[C@@H](C)c3nc(-c4ccc(C#N)cc4)cs3)C2)cc(C)c1OC(=O)[C@@H]1CCCN1. The van der Waals surface area contributed by atoms with Gasteiger partial charge in [0.1, 0.15) is 42.0 Å². The molecule has 2 aliphatic heterocycles. The van der Waals surface area contributed by atoms with Crippen molar-refractivity contribution in [2.75, 3.05) is 19.8 Å². The van der Waals surface area contributed by atoms with E-state index in [0.717, 1.165) is 53.8 Å². The average molecular weight is 671 g/mol. The van der Waals surface area contributed by atoms with Crippen molar-refractivity contribution in [1.29, 1.82) is 5.26 Å². The van der Waals surface area contributed by atoms with E-state index < -0.39 is 23.2 Å². The van der Waals surface area contributed by atoms with Crippen molar-refractivity contribution in [3.63, 3.8) is 0 Å². The molecule has 0 unspecified atom stereocenters. The van der Waals surface area contributed by atoms with Gasteiger partial charge in [0.15, 0.2) is 0 Å². The fourth-order valence-electron chi connectivity index (χ4n) is 6.31. The third kappa shape index (κ3) is 6.94. The van der Waals surface area contributed by atoms with Crippen LogP contribution in [0.3, 0.4) is 0 Å². The molecule has 2 N–H and O–H groups in total. The van der Waals surface area contributed by atoms with Gasteiger partial charge in [0, 0.05) is 35.0 Å². The highest BCUT2D eigenvalue weighted by atomic mass is 32.1. The lowest BCUT2D eigenvalue weighted by Crippen LogP contribution is -2.44. The molecule has 3 aromatic carbocycles. The van der Waals surface area contributed by atoms with Crippen LogP contribution in [0.2, 0.25) is 0 Å². The van der Waals surface area contributed by atoms with Crippen LogP contribution >= 0.6 is 11.3 Å². The maximum absolute atomic E-state index is 15.3.